The number of amides is 2. The summed E-state index contributed by atoms with van der Waals surface area (Å²) in [6.45, 7) is 3.92. The summed E-state index contributed by atoms with van der Waals surface area (Å²) in [5.41, 5.74) is -0.104. The van der Waals surface area contributed by atoms with Crippen LogP contribution in [-0.4, -0.2) is 22.6 Å². The van der Waals surface area contributed by atoms with E-state index in [1.165, 1.54) is 0 Å². The van der Waals surface area contributed by atoms with Crippen LogP contribution in [-0.2, 0) is 4.79 Å². The van der Waals surface area contributed by atoms with E-state index in [1.807, 2.05) is 30.7 Å². The second-order valence-corrected chi connectivity index (χ2v) is 6.75. The van der Waals surface area contributed by atoms with Crippen LogP contribution >= 0.6 is 11.3 Å². The normalized spacial score (nSPS) is 26.9. The summed E-state index contributed by atoms with van der Waals surface area (Å²) < 4.78 is 0. The fourth-order valence-electron chi connectivity index (χ4n) is 2.97. The lowest BCUT2D eigenvalue weighted by molar-refractivity contribution is -0.146. The summed E-state index contributed by atoms with van der Waals surface area (Å²) in [5.74, 6) is -0.628. The molecule has 5 nitrogen and oxygen atoms in total. The van der Waals surface area contributed by atoms with Crippen molar-refractivity contribution < 1.29 is 14.7 Å². The average Bonchev–Trinajstić information content (AvgIpc) is 2.92. The zero-order valence-corrected chi connectivity index (χ0v) is 13.2. The van der Waals surface area contributed by atoms with Crippen molar-refractivity contribution in [2.75, 3.05) is 0 Å². The van der Waals surface area contributed by atoms with Gasteiger partial charge in [0.15, 0.2) is 0 Å². The number of nitrogens with one attached hydrogen (secondary N) is 2. The van der Waals surface area contributed by atoms with Crippen molar-refractivity contribution in [3.63, 3.8) is 0 Å². The highest BCUT2D eigenvalue weighted by atomic mass is 32.1. The quantitative estimate of drug-likeness (QED) is 0.799. The van der Waals surface area contributed by atoms with Gasteiger partial charge < -0.3 is 15.7 Å². The summed E-state index contributed by atoms with van der Waals surface area (Å²) in [4.78, 5) is 23.8. The lowest BCUT2D eigenvalue weighted by atomic mass is 9.76. The van der Waals surface area contributed by atoms with Crippen LogP contribution in [0.3, 0.4) is 0 Å². The molecule has 21 heavy (non-hydrogen) atoms. The number of hydrogen-bond acceptors (Lipinski definition) is 3. The van der Waals surface area contributed by atoms with Crippen molar-refractivity contribution in [2.24, 2.45) is 5.92 Å². The van der Waals surface area contributed by atoms with Crippen LogP contribution < -0.4 is 10.6 Å². The number of carboxylic acids is 1. The van der Waals surface area contributed by atoms with Gasteiger partial charge in [0.25, 0.3) is 0 Å². The van der Waals surface area contributed by atoms with Crippen molar-refractivity contribution in [3.8, 4) is 0 Å². The molecule has 6 heteroatoms. The first-order valence-electron chi connectivity index (χ1n) is 7.27. The molecule has 1 heterocycles. The molecule has 1 aromatic heterocycles. The Bertz CT molecular complexity index is 503. The number of urea groups is 1. The Morgan fingerprint density at radius 1 is 1.52 bits per heavy atom. The molecule has 0 aromatic carbocycles. The van der Waals surface area contributed by atoms with E-state index in [2.05, 4.69) is 10.6 Å². The lowest BCUT2D eigenvalue weighted by Crippen LogP contribution is -2.59. The van der Waals surface area contributed by atoms with E-state index in [0.29, 0.717) is 18.8 Å². The fourth-order valence-corrected chi connectivity index (χ4v) is 3.72. The molecule has 3 unspecified atom stereocenters. The summed E-state index contributed by atoms with van der Waals surface area (Å²) in [5, 5.41) is 19.0. The standard InChI is InChI=1S/C15H22N2O3S/c1-10-4-3-6-15(8-10,13(18)19)17-14(20)16-11(2)12-5-7-21-9-12/h5,7,9-11H,3-4,6,8H2,1-2H3,(H,18,19)(H2,16,17,20). The highest BCUT2D eigenvalue weighted by Gasteiger charge is 2.43. The molecule has 0 radical (unpaired) electrons. The van der Waals surface area contributed by atoms with Crippen molar-refractivity contribution in [3.05, 3.63) is 22.4 Å². The van der Waals surface area contributed by atoms with E-state index in [1.54, 1.807) is 11.3 Å². The van der Waals surface area contributed by atoms with Crippen LogP contribution in [0.5, 0.6) is 0 Å². The van der Waals surface area contributed by atoms with Crippen LogP contribution in [0.4, 0.5) is 4.79 Å². The Morgan fingerprint density at radius 2 is 2.29 bits per heavy atom. The molecule has 0 bridgehead atoms. The van der Waals surface area contributed by atoms with Gasteiger partial charge in [0.1, 0.15) is 5.54 Å². The Hall–Kier alpha value is -1.56. The van der Waals surface area contributed by atoms with Gasteiger partial charge in [0.05, 0.1) is 6.04 Å². The van der Waals surface area contributed by atoms with Gasteiger partial charge in [-0.25, -0.2) is 9.59 Å². The van der Waals surface area contributed by atoms with Crippen LogP contribution in [0, 0.1) is 5.92 Å². The largest absolute Gasteiger partial charge is 0.480 e. The van der Waals surface area contributed by atoms with Crippen LogP contribution in [0.1, 0.15) is 51.1 Å². The van der Waals surface area contributed by atoms with E-state index in [4.69, 9.17) is 0 Å². The second kappa shape index (κ2) is 6.47. The smallest absolute Gasteiger partial charge is 0.329 e. The maximum atomic E-state index is 12.2. The topological polar surface area (TPSA) is 78.4 Å². The van der Waals surface area contributed by atoms with E-state index in [0.717, 1.165) is 18.4 Å². The molecule has 3 atom stereocenters. The Morgan fingerprint density at radius 3 is 2.86 bits per heavy atom. The number of carbonyl (C=O) groups excluding carboxylic acids is 1. The molecule has 1 fully saturated rings. The molecule has 116 valence electrons. The zero-order chi connectivity index (χ0) is 15.5. The maximum absolute atomic E-state index is 12.2. The number of hydrogen-bond donors (Lipinski definition) is 3. The molecule has 0 saturated heterocycles. The Kier molecular flexibility index (Phi) is 4.88. The van der Waals surface area contributed by atoms with E-state index < -0.39 is 17.5 Å². The minimum atomic E-state index is -1.13. The van der Waals surface area contributed by atoms with E-state index >= 15 is 0 Å². The highest BCUT2D eigenvalue weighted by Crippen LogP contribution is 2.32. The molecule has 1 aliphatic rings. The number of carbonyl (C=O) groups is 2. The van der Waals surface area contributed by atoms with Gasteiger partial charge in [-0.15, -0.1) is 0 Å². The third-order valence-electron chi connectivity index (χ3n) is 4.15. The molecule has 0 aliphatic heterocycles. The third-order valence-corrected chi connectivity index (χ3v) is 4.85. The summed E-state index contributed by atoms with van der Waals surface area (Å²) >= 11 is 1.57. The van der Waals surface area contributed by atoms with Gasteiger partial charge in [-0.1, -0.05) is 19.8 Å². The minimum Gasteiger partial charge on any atom is -0.480 e. The molecular formula is C15H22N2O3S. The first kappa shape index (κ1) is 15.8. The molecule has 2 rings (SSSR count). The predicted molar refractivity (Wildman–Crippen MR) is 82.4 cm³/mol. The molecule has 1 aliphatic carbocycles. The van der Waals surface area contributed by atoms with Gasteiger partial charge in [-0.05, 0) is 48.1 Å². The summed E-state index contributed by atoms with van der Waals surface area (Å²) in [7, 11) is 0. The highest BCUT2D eigenvalue weighted by molar-refractivity contribution is 7.07. The minimum absolute atomic E-state index is 0.136. The van der Waals surface area contributed by atoms with Crippen molar-refractivity contribution in [1.29, 1.82) is 0 Å². The molecule has 1 aromatic rings. The van der Waals surface area contributed by atoms with Crippen molar-refractivity contribution in [1.82, 2.24) is 10.6 Å². The predicted octanol–water partition coefficient (Wildman–Crippen LogP) is 3.14. The van der Waals surface area contributed by atoms with Gasteiger partial charge in [-0.2, -0.15) is 11.3 Å². The zero-order valence-electron chi connectivity index (χ0n) is 12.4. The monoisotopic (exact) mass is 310 g/mol. The lowest BCUT2D eigenvalue weighted by Gasteiger charge is -2.37. The van der Waals surface area contributed by atoms with Gasteiger partial charge in [0, 0.05) is 0 Å². The van der Waals surface area contributed by atoms with Gasteiger partial charge >= 0.3 is 12.0 Å². The Balaban J connectivity index is 2.00. The van der Waals surface area contributed by atoms with E-state index in [-0.39, 0.29) is 6.04 Å². The average molecular weight is 310 g/mol. The molecular weight excluding hydrogens is 288 g/mol. The Labute approximate surface area is 128 Å². The number of aliphatic carboxylic acids is 1. The van der Waals surface area contributed by atoms with Crippen LogP contribution in [0.25, 0.3) is 0 Å². The summed E-state index contributed by atoms with van der Waals surface area (Å²) in [6.07, 6.45) is 2.83. The molecule has 3 N–H and O–H groups in total. The van der Waals surface area contributed by atoms with Gasteiger partial charge in [0.2, 0.25) is 0 Å². The maximum Gasteiger partial charge on any atom is 0.329 e. The van der Waals surface area contributed by atoms with Crippen LogP contribution in [0.2, 0.25) is 0 Å². The molecule has 2 amide bonds. The number of rotatable bonds is 4. The third kappa shape index (κ3) is 3.75. The summed E-state index contributed by atoms with van der Waals surface area (Å²) in [6, 6.07) is 1.40. The fraction of sp³-hybridized carbons (Fsp3) is 0.600. The van der Waals surface area contributed by atoms with Crippen molar-refractivity contribution >= 4 is 23.3 Å². The second-order valence-electron chi connectivity index (χ2n) is 5.97. The van der Waals surface area contributed by atoms with E-state index in [9.17, 15) is 14.7 Å². The van der Waals surface area contributed by atoms with Crippen LogP contribution in [0.15, 0.2) is 16.8 Å². The molecule has 0 spiro atoms. The SMILES string of the molecule is CC1CCCC(NC(=O)NC(C)c2ccsc2)(C(=O)O)C1. The number of carboxylic acid groups (broad SMARTS) is 1. The number of thiophene rings is 1. The first-order valence-corrected chi connectivity index (χ1v) is 8.21. The molecule has 1 saturated carbocycles. The first-order chi connectivity index (χ1) is 9.93. The van der Waals surface area contributed by atoms with Gasteiger partial charge in [-0.3, -0.25) is 0 Å². The van der Waals surface area contributed by atoms with Crippen molar-refractivity contribution in [2.45, 2.75) is 51.1 Å².